The highest BCUT2D eigenvalue weighted by Crippen LogP contribution is 2.28. The average Bonchev–Trinajstić information content (AvgIpc) is 3.27. The van der Waals surface area contributed by atoms with Gasteiger partial charge >= 0.3 is 0 Å². The Bertz CT molecular complexity index is 1110. The van der Waals surface area contributed by atoms with E-state index in [2.05, 4.69) is 10.3 Å². The number of para-hydroxylation sites is 2. The van der Waals surface area contributed by atoms with E-state index >= 15 is 0 Å². The van der Waals surface area contributed by atoms with Crippen molar-refractivity contribution in [1.82, 2.24) is 19.9 Å². The van der Waals surface area contributed by atoms with Crippen molar-refractivity contribution in [1.29, 1.82) is 0 Å². The van der Waals surface area contributed by atoms with Crippen LogP contribution >= 0.6 is 0 Å². The van der Waals surface area contributed by atoms with Crippen LogP contribution in [0.3, 0.4) is 0 Å². The van der Waals surface area contributed by atoms with Crippen molar-refractivity contribution in [2.45, 2.75) is 32.9 Å². The van der Waals surface area contributed by atoms with Gasteiger partial charge in [0.15, 0.2) is 5.65 Å². The quantitative estimate of drug-likeness (QED) is 0.566. The molecular weight excluding hydrogens is 342 g/mol. The fourth-order valence-electron chi connectivity index (χ4n) is 3.06. The fourth-order valence-corrected chi connectivity index (χ4v) is 3.06. The number of nitrogens with zero attached hydrogens (tertiary/aromatic N) is 3. The molecule has 3 heterocycles. The van der Waals surface area contributed by atoms with Crippen LogP contribution in [0.4, 0.5) is 5.82 Å². The molecule has 3 N–H and O–H groups in total. The number of fused-ring (bicyclic) bond motifs is 2. The molecule has 7 heteroatoms. The molecule has 1 atom stereocenters. The molecule has 4 aromatic rings. The Kier molecular flexibility index (Phi) is 4.27. The average molecular weight is 363 g/mol. The highest BCUT2D eigenvalue weighted by Gasteiger charge is 2.25. The third-order valence-corrected chi connectivity index (χ3v) is 4.70. The molecule has 0 fully saturated rings. The number of hydrogen-bond donors (Lipinski definition) is 2. The third-order valence-electron chi connectivity index (χ3n) is 4.70. The minimum absolute atomic E-state index is 0.0359. The first-order valence-electron chi connectivity index (χ1n) is 8.96. The van der Waals surface area contributed by atoms with Crippen molar-refractivity contribution < 1.29 is 9.21 Å². The van der Waals surface area contributed by atoms with E-state index in [1.807, 2.05) is 50.2 Å². The molecule has 138 valence electrons. The smallest absolute Gasteiger partial charge is 0.257 e. The summed E-state index contributed by atoms with van der Waals surface area (Å²) in [7, 11) is 0. The minimum atomic E-state index is -0.241. The van der Waals surface area contributed by atoms with Gasteiger partial charge < -0.3 is 20.0 Å². The largest absolute Gasteiger partial charge is 0.467 e. The topological polar surface area (TPSA) is 99.0 Å². The maximum Gasteiger partial charge on any atom is 0.257 e. The lowest BCUT2D eigenvalue weighted by atomic mass is 10.2. The van der Waals surface area contributed by atoms with Gasteiger partial charge in [-0.2, -0.15) is 0 Å². The predicted octanol–water partition coefficient (Wildman–Crippen LogP) is 3.34. The highest BCUT2D eigenvalue weighted by molar-refractivity contribution is 6.10. The molecule has 0 aliphatic carbocycles. The van der Waals surface area contributed by atoms with Gasteiger partial charge in [-0.05, 0) is 37.6 Å². The first-order chi connectivity index (χ1) is 13.1. The van der Waals surface area contributed by atoms with Crippen LogP contribution in [0.5, 0.6) is 0 Å². The zero-order chi connectivity index (χ0) is 19.0. The summed E-state index contributed by atoms with van der Waals surface area (Å²) >= 11 is 0. The Balaban J connectivity index is 1.93. The van der Waals surface area contributed by atoms with Crippen molar-refractivity contribution in [2.24, 2.45) is 0 Å². The number of nitrogens with two attached hydrogens (primary N) is 1. The summed E-state index contributed by atoms with van der Waals surface area (Å²) in [5, 5.41) is 2.98. The number of carbonyl (C=O) groups is 1. The van der Waals surface area contributed by atoms with Gasteiger partial charge in [0, 0.05) is 6.04 Å². The van der Waals surface area contributed by atoms with Crippen LogP contribution in [0, 0.1) is 0 Å². The van der Waals surface area contributed by atoms with E-state index < -0.39 is 0 Å². The van der Waals surface area contributed by atoms with Gasteiger partial charge in [0.25, 0.3) is 5.91 Å². The number of aromatic nitrogens is 3. The van der Waals surface area contributed by atoms with Crippen LogP contribution < -0.4 is 11.1 Å². The molecule has 1 unspecified atom stereocenters. The zero-order valence-corrected chi connectivity index (χ0v) is 15.3. The summed E-state index contributed by atoms with van der Waals surface area (Å²) < 4.78 is 7.23. The minimum Gasteiger partial charge on any atom is -0.467 e. The lowest BCUT2D eigenvalue weighted by Gasteiger charge is -2.11. The summed E-state index contributed by atoms with van der Waals surface area (Å²) in [6.45, 7) is 4.35. The van der Waals surface area contributed by atoms with Crippen molar-refractivity contribution in [3.8, 4) is 0 Å². The molecule has 27 heavy (non-hydrogen) atoms. The second-order valence-electron chi connectivity index (χ2n) is 6.59. The van der Waals surface area contributed by atoms with Crippen LogP contribution in [-0.2, 0) is 6.54 Å². The van der Waals surface area contributed by atoms with Gasteiger partial charge in [0.05, 0.1) is 23.8 Å². The molecule has 1 aromatic carbocycles. The van der Waals surface area contributed by atoms with E-state index in [4.69, 9.17) is 15.1 Å². The van der Waals surface area contributed by atoms with Gasteiger partial charge in [-0.15, -0.1) is 0 Å². The van der Waals surface area contributed by atoms with Crippen molar-refractivity contribution >= 4 is 33.9 Å². The van der Waals surface area contributed by atoms with Crippen LogP contribution in [-0.4, -0.2) is 26.5 Å². The van der Waals surface area contributed by atoms with Crippen LogP contribution in [0.1, 0.15) is 36.4 Å². The molecule has 0 aliphatic rings. The van der Waals surface area contributed by atoms with E-state index in [9.17, 15) is 4.79 Å². The number of anilines is 1. The van der Waals surface area contributed by atoms with E-state index in [1.54, 1.807) is 10.8 Å². The Morgan fingerprint density at radius 3 is 2.63 bits per heavy atom. The third kappa shape index (κ3) is 3.01. The Hall–Kier alpha value is -3.35. The first kappa shape index (κ1) is 17.1. The zero-order valence-electron chi connectivity index (χ0n) is 15.3. The molecule has 0 aliphatic heterocycles. The Morgan fingerprint density at radius 2 is 1.96 bits per heavy atom. The van der Waals surface area contributed by atoms with Crippen LogP contribution in [0.25, 0.3) is 22.2 Å². The molecular formula is C20H21N5O2. The molecule has 3 aromatic heterocycles. The Morgan fingerprint density at radius 1 is 1.22 bits per heavy atom. The van der Waals surface area contributed by atoms with E-state index in [-0.39, 0.29) is 11.9 Å². The van der Waals surface area contributed by atoms with Gasteiger partial charge in [-0.1, -0.05) is 19.1 Å². The number of carbonyl (C=O) groups excluding carboxylic acids is 1. The fraction of sp³-hybridized carbons (Fsp3) is 0.250. The lowest BCUT2D eigenvalue weighted by molar-refractivity contribution is 0.0941. The summed E-state index contributed by atoms with van der Waals surface area (Å²) in [6.07, 6.45) is 2.43. The van der Waals surface area contributed by atoms with Crippen LogP contribution in [0.15, 0.2) is 47.1 Å². The molecule has 0 bridgehead atoms. The van der Waals surface area contributed by atoms with Crippen molar-refractivity contribution in [2.75, 3.05) is 5.73 Å². The standard InChI is InChI=1S/C20H21N5O2/c1-3-12(2)22-20(26)16-17-19(24-15-9-5-4-8-14(15)23-17)25(18(16)21)11-13-7-6-10-27-13/h4-10,12H,3,11,21H2,1-2H3,(H,22,26). The van der Waals surface area contributed by atoms with E-state index in [0.717, 1.165) is 23.2 Å². The van der Waals surface area contributed by atoms with Crippen LogP contribution in [0.2, 0.25) is 0 Å². The highest BCUT2D eigenvalue weighted by atomic mass is 16.3. The SMILES string of the molecule is CCC(C)NC(=O)c1c(N)n(Cc2ccco2)c2nc3ccccc3nc12. The summed E-state index contributed by atoms with van der Waals surface area (Å²) in [4.78, 5) is 22.3. The van der Waals surface area contributed by atoms with Crippen molar-refractivity contribution in [3.05, 3.63) is 54.0 Å². The lowest BCUT2D eigenvalue weighted by Crippen LogP contribution is -2.32. The molecule has 1 amide bonds. The number of benzene rings is 1. The number of nitrogen functional groups attached to an aromatic ring is 1. The molecule has 4 rings (SSSR count). The normalized spacial score (nSPS) is 12.5. The molecule has 0 spiro atoms. The summed E-state index contributed by atoms with van der Waals surface area (Å²) in [6, 6.07) is 11.3. The maximum absolute atomic E-state index is 12.9. The number of furan rings is 1. The van der Waals surface area contributed by atoms with Crippen molar-refractivity contribution in [3.63, 3.8) is 0 Å². The number of nitrogens with one attached hydrogen (secondary N) is 1. The van der Waals surface area contributed by atoms with E-state index in [1.165, 1.54) is 0 Å². The molecule has 0 radical (unpaired) electrons. The van der Waals surface area contributed by atoms with E-state index in [0.29, 0.717) is 29.1 Å². The van der Waals surface area contributed by atoms with Gasteiger partial charge in [0.1, 0.15) is 22.7 Å². The summed E-state index contributed by atoms with van der Waals surface area (Å²) in [5.74, 6) is 0.814. The second-order valence-corrected chi connectivity index (χ2v) is 6.59. The number of amides is 1. The van der Waals surface area contributed by atoms with Gasteiger partial charge in [-0.25, -0.2) is 9.97 Å². The summed E-state index contributed by atoms with van der Waals surface area (Å²) in [5.41, 5.74) is 9.28. The Labute approximate surface area is 156 Å². The second kappa shape index (κ2) is 6.75. The van der Waals surface area contributed by atoms with Gasteiger partial charge in [-0.3, -0.25) is 4.79 Å². The van der Waals surface area contributed by atoms with Gasteiger partial charge in [0.2, 0.25) is 0 Å². The monoisotopic (exact) mass is 363 g/mol. The first-order valence-corrected chi connectivity index (χ1v) is 8.96. The number of hydrogen-bond acceptors (Lipinski definition) is 5. The molecule has 0 saturated carbocycles. The molecule has 0 saturated heterocycles. The number of rotatable bonds is 5. The predicted molar refractivity (Wildman–Crippen MR) is 104 cm³/mol. The molecule has 7 nitrogen and oxygen atoms in total. The maximum atomic E-state index is 12.9.